The Kier molecular flexibility index (Phi) is 5.40. The van der Waals surface area contributed by atoms with Gasteiger partial charge in [-0.15, -0.1) is 6.42 Å². The van der Waals surface area contributed by atoms with Crippen molar-refractivity contribution in [3.63, 3.8) is 0 Å². The van der Waals surface area contributed by atoms with Crippen molar-refractivity contribution in [1.29, 1.82) is 0 Å². The Morgan fingerprint density at radius 3 is 2.74 bits per heavy atom. The van der Waals surface area contributed by atoms with Gasteiger partial charge in [0.25, 0.3) is 5.91 Å². The van der Waals surface area contributed by atoms with Gasteiger partial charge in [-0.25, -0.2) is 0 Å². The second kappa shape index (κ2) is 7.48. The van der Waals surface area contributed by atoms with Gasteiger partial charge in [0.2, 0.25) is 0 Å². The largest absolute Gasteiger partial charge is 0.481 e. The zero-order chi connectivity index (χ0) is 16.8. The first kappa shape index (κ1) is 16.6. The lowest BCUT2D eigenvalue weighted by Gasteiger charge is -2.22. The third-order valence-electron chi connectivity index (χ3n) is 3.47. The monoisotopic (exact) mass is 309 g/mol. The van der Waals surface area contributed by atoms with E-state index in [-0.39, 0.29) is 12.5 Å². The van der Waals surface area contributed by atoms with Crippen LogP contribution in [0.5, 0.6) is 5.75 Å². The van der Waals surface area contributed by atoms with E-state index in [1.807, 2.05) is 18.2 Å². The molecule has 23 heavy (non-hydrogen) atoms. The predicted octanol–water partition coefficient (Wildman–Crippen LogP) is 2.59. The summed E-state index contributed by atoms with van der Waals surface area (Å²) in [5.41, 5.74) is 2.16. The van der Waals surface area contributed by atoms with Gasteiger partial charge in [0.1, 0.15) is 5.75 Å². The molecule has 0 aliphatic heterocycles. The second-order valence-electron chi connectivity index (χ2n) is 5.16. The Morgan fingerprint density at radius 1 is 1.30 bits per heavy atom. The molecule has 4 nitrogen and oxygen atoms in total. The first-order valence-corrected chi connectivity index (χ1v) is 7.26. The third kappa shape index (κ3) is 4.12. The molecule has 0 aliphatic rings. The van der Waals surface area contributed by atoms with Crippen molar-refractivity contribution in [2.24, 2.45) is 0 Å². The molecular weight excluding hydrogens is 290 g/mol. The molecule has 0 heterocycles. The molecule has 1 N–H and O–H groups in total. The number of aliphatic hydroxyl groups excluding tert-OH is 1. The number of amides is 1. The summed E-state index contributed by atoms with van der Waals surface area (Å²) in [6.07, 6.45) is 4.72. The Hall–Kier alpha value is -2.77. The van der Waals surface area contributed by atoms with Crippen LogP contribution in [0.25, 0.3) is 0 Å². The molecule has 118 valence electrons. The molecule has 0 aliphatic carbocycles. The fourth-order valence-corrected chi connectivity index (χ4v) is 2.18. The summed E-state index contributed by atoms with van der Waals surface area (Å²) in [7, 11) is 1.68. The van der Waals surface area contributed by atoms with Crippen molar-refractivity contribution < 1.29 is 14.6 Å². The van der Waals surface area contributed by atoms with Crippen LogP contribution in [0.2, 0.25) is 0 Å². The number of terminal acetylenes is 1. The molecule has 2 aromatic rings. The van der Waals surface area contributed by atoms with Gasteiger partial charge in [-0.3, -0.25) is 4.79 Å². The van der Waals surface area contributed by atoms with Gasteiger partial charge in [0.15, 0.2) is 6.10 Å². The van der Waals surface area contributed by atoms with Crippen molar-refractivity contribution in [3.05, 3.63) is 59.7 Å². The minimum atomic E-state index is -0.663. The van der Waals surface area contributed by atoms with Gasteiger partial charge < -0.3 is 14.7 Å². The minimum absolute atomic E-state index is 0.0711. The predicted molar refractivity (Wildman–Crippen MR) is 90.2 cm³/mol. The highest BCUT2D eigenvalue weighted by molar-refractivity contribution is 5.96. The molecule has 2 rings (SSSR count). The highest BCUT2D eigenvalue weighted by atomic mass is 16.5. The highest BCUT2D eigenvalue weighted by Crippen LogP contribution is 2.19. The van der Waals surface area contributed by atoms with Gasteiger partial charge >= 0.3 is 0 Å². The van der Waals surface area contributed by atoms with Gasteiger partial charge in [-0.1, -0.05) is 24.1 Å². The fourth-order valence-electron chi connectivity index (χ4n) is 2.18. The summed E-state index contributed by atoms with van der Waals surface area (Å²) in [5.74, 6) is 2.91. The molecule has 1 amide bonds. The van der Waals surface area contributed by atoms with Crippen LogP contribution in [0.1, 0.15) is 18.1 Å². The average Bonchev–Trinajstić information content (AvgIpc) is 2.60. The first-order chi connectivity index (χ1) is 11.0. The van der Waals surface area contributed by atoms with E-state index in [0.717, 1.165) is 5.56 Å². The quantitative estimate of drug-likeness (QED) is 0.864. The van der Waals surface area contributed by atoms with Crippen LogP contribution in [-0.4, -0.2) is 24.2 Å². The third-order valence-corrected chi connectivity index (χ3v) is 3.47. The molecule has 1 atom stereocenters. The standard InChI is InChI=1S/C19H19NO3/c1-4-15-7-5-9-17(11-15)20(3)19(22)14(2)23-18-10-6-8-16(12-18)13-21/h1,5-12,14,21H,13H2,2-3H3. The molecule has 0 saturated carbocycles. The molecule has 0 bridgehead atoms. The average molecular weight is 309 g/mol. The lowest BCUT2D eigenvalue weighted by atomic mass is 10.2. The summed E-state index contributed by atoms with van der Waals surface area (Å²) in [5, 5.41) is 9.14. The molecule has 0 fully saturated rings. The van der Waals surface area contributed by atoms with Crippen LogP contribution in [0, 0.1) is 12.3 Å². The summed E-state index contributed by atoms with van der Waals surface area (Å²) >= 11 is 0. The fraction of sp³-hybridized carbons (Fsp3) is 0.211. The number of nitrogens with zero attached hydrogens (tertiary/aromatic N) is 1. The second-order valence-corrected chi connectivity index (χ2v) is 5.16. The molecule has 4 heteroatoms. The van der Waals surface area contributed by atoms with E-state index in [1.54, 1.807) is 44.3 Å². The number of carbonyl (C=O) groups excluding carboxylic acids is 1. The van der Waals surface area contributed by atoms with Gasteiger partial charge in [-0.2, -0.15) is 0 Å². The minimum Gasteiger partial charge on any atom is -0.481 e. The van der Waals surface area contributed by atoms with Crippen molar-refractivity contribution in [3.8, 4) is 18.1 Å². The van der Waals surface area contributed by atoms with Gasteiger partial charge in [-0.05, 0) is 42.8 Å². The van der Waals surface area contributed by atoms with Crippen LogP contribution in [0.4, 0.5) is 5.69 Å². The van der Waals surface area contributed by atoms with Crippen LogP contribution < -0.4 is 9.64 Å². The van der Waals surface area contributed by atoms with Gasteiger partial charge in [0.05, 0.1) is 6.61 Å². The van der Waals surface area contributed by atoms with E-state index < -0.39 is 6.10 Å². The normalized spacial score (nSPS) is 11.4. The smallest absolute Gasteiger partial charge is 0.267 e. The molecule has 0 radical (unpaired) electrons. The zero-order valence-electron chi connectivity index (χ0n) is 13.2. The number of hydrogen-bond donors (Lipinski definition) is 1. The summed E-state index contributed by atoms with van der Waals surface area (Å²) in [4.78, 5) is 14.0. The number of likely N-dealkylation sites (N-methyl/N-ethyl adjacent to an activating group) is 1. The van der Waals surface area contributed by atoms with Crippen LogP contribution in [0.3, 0.4) is 0 Å². The molecular formula is C19H19NO3. The van der Waals surface area contributed by atoms with E-state index in [4.69, 9.17) is 16.3 Å². The van der Waals surface area contributed by atoms with E-state index in [2.05, 4.69) is 5.92 Å². The number of anilines is 1. The van der Waals surface area contributed by atoms with E-state index in [0.29, 0.717) is 17.0 Å². The highest BCUT2D eigenvalue weighted by Gasteiger charge is 2.20. The maximum Gasteiger partial charge on any atom is 0.267 e. The Morgan fingerprint density at radius 2 is 2.04 bits per heavy atom. The molecule has 0 spiro atoms. The van der Waals surface area contributed by atoms with Crippen LogP contribution in [-0.2, 0) is 11.4 Å². The first-order valence-electron chi connectivity index (χ1n) is 7.26. The lowest BCUT2D eigenvalue weighted by molar-refractivity contribution is -0.124. The van der Waals surface area contributed by atoms with Crippen LogP contribution >= 0.6 is 0 Å². The Bertz CT molecular complexity index is 733. The number of carbonyl (C=O) groups is 1. The lowest BCUT2D eigenvalue weighted by Crippen LogP contribution is -2.38. The molecule has 0 aromatic heterocycles. The SMILES string of the molecule is C#Cc1cccc(N(C)C(=O)C(C)Oc2cccc(CO)c2)c1. The summed E-state index contributed by atoms with van der Waals surface area (Å²) in [6, 6.07) is 14.2. The molecule has 2 aromatic carbocycles. The number of aliphatic hydroxyl groups is 1. The van der Waals surface area contributed by atoms with Crippen molar-refractivity contribution >= 4 is 11.6 Å². The Labute approximate surface area is 136 Å². The Balaban J connectivity index is 2.10. The van der Waals surface area contributed by atoms with E-state index in [1.165, 1.54) is 4.90 Å². The molecule has 0 saturated heterocycles. The number of rotatable bonds is 5. The van der Waals surface area contributed by atoms with Crippen LogP contribution in [0.15, 0.2) is 48.5 Å². The topological polar surface area (TPSA) is 49.8 Å². The van der Waals surface area contributed by atoms with Crippen molar-refractivity contribution in [2.45, 2.75) is 19.6 Å². The summed E-state index contributed by atoms with van der Waals surface area (Å²) < 4.78 is 5.68. The van der Waals surface area contributed by atoms with E-state index in [9.17, 15) is 4.79 Å². The number of ether oxygens (including phenoxy) is 1. The molecule has 1 unspecified atom stereocenters. The van der Waals surface area contributed by atoms with Crippen molar-refractivity contribution in [1.82, 2.24) is 0 Å². The van der Waals surface area contributed by atoms with Gasteiger partial charge in [0, 0.05) is 18.3 Å². The van der Waals surface area contributed by atoms with E-state index >= 15 is 0 Å². The summed E-state index contributed by atoms with van der Waals surface area (Å²) in [6.45, 7) is 1.62. The zero-order valence-corrected chi connectivity index (χ0v) is 13.2. The number of benzene rings is 2. The maximum atomic E-state index is 12.5. The maximum absolute atomic E-state index is 12.5. The van der Waals surface area contributed by atoms with Crippen molar-refractivity contribution in [2.75, 3.05) is 11.9 Å². The number of hydrogen-bond acceptors (Lipinski definition) is 3.